The van der Waals surface area contributed by atoms with Crippen LogP contribution in [0.15, 0.2) is 17.2 Å². The number of carbonyl (C=O) groups excluding carboxylic acids is 3. The van der Waals surface area contributed by atoms with Gasteiger partial charge >= 0.3 is 6.09 Å². The number of benzene rings is 1. The molecule has 1 heterocycles. The minimum Gasteiger partial charge on any atom is -0.444 e. The van der Waals surface area contributed by atoms with Crippen molar-refractivity contribution in [3.8, 4) is 0 Å². The van der Waals surface area contributed by atoms with Crippen molar-refractivity contribution in [2.75, 3.05) is 27.2 Å². The minimum atomic E-state index is -0.521. The number of amides is 1. The summed E-state index contributed by atoms with van der Waals surface area (Å²) in [6.45, 7) is 6.75. The second-order valence-electron chi connectivity index (χ2n) is 9.44. The van der Waals surface area contributed by atoms with Crippen molar-refractivity contribution in [1.82, 2.24) is 9.91 Å². The number of rotatable bonds is 5. The Kier molecular flexibility index (Phi) is 5.96. The Labute approximate surface area is 182 Å². The molecule has 3 rings (SSSR count). The lowest BCUT2D eigenvalue weighted by molar-refractivity contribution is -0.0865. The van der Waals surface area contributed by atoms with Crippen LogP contribution in [0.2, 0.25) is 5.02 Å². The molecule has 2 aliphatic rings. The number of hydrogen-bond acceptors (Lipinski definition) is 6. The van der Waals surface area contributed by atoms with Gasteiger partial charge in [0, 0.05) is 55.2 Å². The number of halogens is 1. The van der Waals surface area contributed by atoms with Gasteiger partial charge in [-0.25, -0.2) is 4.79 Å². The standard InChI is InChI=1S/C22H28ClN3O4/c1-21(2,3)30-20(29)26-12-22(13-26)8-14(9-22)19(28)15-6-7-18(23)17(11-27)16(15)10-24-25(4)5/h6-7,10-11,14H,8-9,12-13H2,1-5H3/b24-10-. The molecule has 1 saturated carbocycles. The molecule has 7 nitrogen and oxygen atoms in total. The molecule has 0 unspecified atom stereocenters. The molecule has 1 aromatic rings. The Morgan fingerprint density at radius 2 is 1.87 bits per heavy atom. The molecule has 0 N–H and O–H groups in total. The third-order valence-electron chi connectivity index (χ3n) is 5.47. The van der Waals surface area contributed by atoms with Crippen molar-refractivity contribution >= 4 is 36.0 Å². The third-order valence-corrected chi connectivity index (χ3v) is 5.80. The number of nitrogens with zero attached hydrogens (tertiary/aromatic N) is 3. The molecule has 1 aliphatic heterocycles. The van der Waals surface area contributed by atoms with Gasteiger partial charge in [0.15, 0.2) is 12.1 Å². The number of ether oxygens (including phenoxy) is 1. The maximum absolute atomic E-state index is 13.2. The molecule has 30 heavy (non-hydrogen) atoms. The monoisotopic (exact) mass is 433 g/mol. The predicted molar refractivity (Wildman–Crippen MR) is 115 cm³/mol. The van der Waals surface area contributed by atoms with E-state index in [9.17, 15) is 14.4 Å². The van der Waals surface area contributed by atoms with E-state index in [1.54, 1.807) is 36.1 Å². The quantitative estimate of drug-likeness (QED) is 0.305. The van der Waals surface area contributed by atoms with E-state index in [2.05, 4.69) is 5.10 Å². The zero-order valence-corrected chi connectivity index (χ0v) is 18.8. The predicted octanol–water partition coefficient (Wildman–Crippen LogP) is 3.88. The van der Waals surface area contributed by atoms with E-state index in [1.807, 2.05) is 20.8 Å². The van der Waals surface area contributed by atoms with Crippen molar-refractivity contribution in [3.05, 3.63) is 33.8 Å². The van der Waals surface area contributed by atoms with Gasteiger partial charge in [-0.05, 0) is 45.7 Å². The molecule has 0 bridgehead atoms. The second kappa shape index (κ2) is 8.02. The van der Waals surface area contributed by atoms with E-state index in [4.69, 9.17) is 16.3 Å². The summed E-state index contributed by atoms with van der Waals surface area (Å²) in [5.41, 5.74) is 0.640. The summed E-state index contributed by atoms with van der Waals surface area (Å²) < 4.78 is 5.40. The number of likely N-dealkylation sites (tertiary alicyclic amines) is 1. The number of hydrogen-bond donors (Lipinski definition) is 0. The highest BCUT2D eigenvalue weighted by atomic mass is 35.5. The number of Topliss-reactive ketones (excluding diaryl/α,β-unsaturated/α-hetero) is 1. The lowest BCUT2D eigenvalue weighted by Crippen LogP contribution is -2.65. The minimum absolute atomic E-state index is 0.00493. The van der Waals surface area contributed by atoms with Crippen molar-refractivity contribution in [2.24, 2.45) is 16.4 Å². The first-order valence-corrected chi connectivity index (χ1v) is 10.3. The molecular weight excluding hydrogens is 406 g/mol. The molecule has 1 amide bonds. The Morgan fingerprint density at radius 1 is 1.23 bits per heavy atom. The van der Waals surface area contributed by atoms with Crippen LogP contribution in [0, 0.1) is 11.3 Å². The van der Waals surface area contributed by atoms with Crippen LogP contribution in [0.4, 0.5) is 4.79 Å². The number of hydrazone groups is 1. The highest BCUT2D eigenvalue weighted by Crippen LogP contribution is 2.53. The lowest BCUT2D eigenvalue weighted by atomic mass is 9.56. The van der Waals surface area contributed by atoms with Gasteiger partial charge in [0.1, 0.15) is 5.60 Å². The van der Waals surface area contributed by atoms with Gasteiger partial charge in [-0.2, -0.15) is 5.10 Å². The SMILES string of the molecule is CN(C)/N=C\c1c(C(=O)C2CC3(C2)CN(C(=O)OC(C)(C)C)C3)ccc(Cl)c1C=O. The average molecular weight is 434 g/mol. The highest BCUT2D eigenvalue weighted by Gasteiger charge is 2.56. The fourth-order valence-corrected chi connectivity index (χ4v) is 4.33. The topological polar surface area (TPSA) is 79.3 Å². The fraction of sp³-hybridized carbons (Fsp3) is 0.545. The number of ketones is 1. The van der Waals surface area contributed by atoms with Crippen LogP contribution < -0.4 is 0 Å². The Morgan fingerprint density at radius 3 is 2.40 bits per heavy atom. The van der Waals surface area contributed by atoms with Crippen LogP contribution in [-0.4, -0.2) is 67.1 Å². The molecule has 1 saturated heterocycles. The smallest absolute Gasteiger partial charge is 0.410 e. The van der Waals surface area contributed by atoms with E-state index < -0.39 is 5.60 Å². The summed E-state index contributed by atoms with van der Waals surface area (Å²) in [7, 11) is 3.51. The zero-order valence-electron chi connectivity index (χ0n) is 18.1. The molecule has 2 fully saturated rings. The van der Waals surface area contributed by atoms with E-state index in [1.165, 1.54) is 6.21 Å². The van der Waals surface area contributed by atoms with Gasteiger partial charge in [-0.15, -0.1) is 0 Å². The molecule has 8 heteroatoms. The van der Waals surface area contributed by atoms with Crippen LogP contribution in [0.3, 0.4) is 0 Å². The summed E-state index contributed by atoms with van der Waals surface area (Å²) in [6, 6.07) is 3.24. The van der Waals surface area contributed by atoms with Gasteiger partial charge in [-0.3, -0.25) is 9.59 Å². The van der Waals surface area contributed by atoms with Gasteiger partial charge in [0.05, 0.1) is 11.2 Å². The van der Waals surface area contributed by atoms with Crippen LogP contribution in [0.1, 0.15) is 59.9 Å². The second-order valence-corrected chi connectivity index (χ2v) is 9.84. The molecule has 1 aromatic carbocycles. The van der Waals surface area contributed by atoms with E-state index in [0.717, 1.165) is 0 Å². The van der Waals surface area contributed by atoms with E-state index in [-0.39, 0.29) is 28.8 Å². The normalized spacial score (nSPS) is 18.1. The van der Waals surface area contributed by atoms with Crippen LogP contribution in [0.5, 0.6) is 0 Å². The summed E-state index contributed by atoms with van der Waals surface area (Å²) in [4.78, 5) is 38.6. The summed E-state index contributed by atoms with van der Waals surface area (Å²) >= 11 is 6.15. The van der Waals surface area contributed by atoms with E-state index in [0.29, 0.717) is 48.4 Å². The molecule has 0 atom stereocenters. The fourth-order valence-electron chi connectivity index (χ4n) is 4.12. The van der Waals surface area contributed by atoms with Crippen LogP contribution in [0.25, 0.3) is 0 Å². The average Bonchev–Trinajstić information content (AvgIpc) is 2.55. The van der Waals surface area contributed by atoms with Crippen LogP contribution in [-0.2, 0) is 4.74 Å². The van der Waals surface area contributed by atoms with E-state index >= 15 is 0 Å². The first-order valence-electron chi connectivity index (χ1n) is 9.96. The Hall–Kier alpha value is -2.41. The summed E-state index contributed by atoms with van der Waals surface area (Å²) in [5, 5.41) is 6.06. The Bertz CT molecular complexity index is 890. The van der Waals surface area contributed by atoms with Crippen molar-refractivity contribution in [1.29, 1.82) is 0 Å². The largest absolute Gasteiger partial charge is 0.444 e. The highest BCUT2D eigenvalue weighted by molar-refractivity contribution is 6.34. The van der Waals surface area contributed by atoms with Gasteiger partial charge in [-0.1, -0.05) is 11.6 Å². The first-order chi connectivity index (χ1) is 13.9. The number of carbonyl (C=O) groups is 3. The van der Waals surface area contributed by atoms with Crippen molar-refractivity contribution in [3.63, 3.8) is 0 Å². The molecule has 0 radical (unpaired) electrons. The van der Waals surface area contributed by atoms with Gasteiger partial charge in [0.25, 0.3) is 0 Å². The summed E-state index contributed by atoms with van der Waals surface area (Å²) in [5.74, 6) is -0.158. The molecule has 1 aliphatic carbocycles. The molecule has 0 aromatic heterocycles. The molecule has 162 valence electrons. The van der Waals surface area contributed by atoms with Gasteiger partial charge < -0.3 is 14.6 Å². The maximum Gasteiger partial charge on any atom is 0.410 e. The van der Waals surface area contributed by atoms with Crippen LogP contribution >= 0.6 is 11.6 Å². The Balaban J connectivity index is 1.69. The molecule has 1 spiro atoms. The zero-order chi connectivity index (χ0) is 22.3. The number of aldehydes is 1. The molecular formula is C22H28ClN3O4. The van der Waals surface area contributed by atoms with Crippen molar-refractivity contribution in [2.45, 2.75) is 39.2 Å². The lowest BCUT2D eigenvalue weighted by Gasteiger charge is -2.58. The maximum atomic E-state index is 13.2. The van der Waals surface area contributed by atoms with Gasteiger partial charge in [0.2, 0.25) is 0 Å². The third kappa shape index (κ3) is 4.51. The summed E-state index contributed by atoms with van der Waals surface area (Å²) in [6.07, 6.45) is 3.29. The first kappa shape index (κ1) is 22.3. The van der Waals surface area contributed by atoms with Crippen molar-refractivity contribution < 1.29 is 19.1 Å².